The zero-order valence-corrected chi connectivity index (χ0v) is 10.6. The van der Waals surface area contributed by atoms with E-state index < -0.39 is 41.2 Å². The van der Waals surface area contributed by atoms with Crippen molar-refractivity contribution in [2.75, 3.05) is 6.54 Å². The Bertz CT molecular complexity index is 576. The first kappa shape index (κ1) is 14.4. The van der Waals surface area contributed by atoms with Crippen LogP contribution in [0.25, 0.3) is 0 Å². The van der Waals surface area contributed by atoms with Crippen LogP contribution in [0.3, 0.4) is 0 Å². The second kappa shape index (κ2) is 5.16. The molecule has 1 aromatic carbocycles. The van der Waals surface area contributed by atoms with E-state index in [9.17, 15) is 23.5 Å². The number of hydrogen-bond acceptors (Lipinski definition) is 3. The SMILES string of the molecule is Cc1ccc(F)c(C(=O)N2C[C@@H](O)C[C@H]2C(=O)O)c1F. The normalized spacial score (nSPS) is 22.1. The van der Waals surface area contributed by atoms with Gasteiger partial charge in [-0.3, -0.25) is 4.79 Å². The van der Waals surface area contributed by atoms with Crippen LogP contribution in [0.15, 0.2) is 12.1 Å². The van der Waals surface area contributed by atoms with Crippen LogP contribution in [0.4, 0.5) is 8.78 Å². The highest BCUT2D eigenvalue weighted by atomic mass is 19.1. The molecule has 1 fully saturated rings. The summed E-state index contributed by atoms with van der Waals surface area (Å²) in [5, 5.41) is 18.5. The molecule has 2 atom stereocenters. The van der Waals surface area contributed by atoms with Crippen molar-refractivity contribution in [3.63, 3.8) is 0 Å². The van der Waals surface area contributed by atoms with Gasteiger partial charge in [-0.1, -0.05) is 6.07 Å². The Morgan fingerprint density at radius 2 is 2.00 bits per heavy atom. The summed E-state index contributed by atoms with van der Waals surface area (Å²) in [4.78, 5) is 24.0. The number of benzene rings is 1. The summed E-state index contributed by atoms with van der Waals surface area (Å²) >= 11 is 0. The van der Waals surface area contributed by atoms with E-state index in [4.69, 9.17) is 5.11 Å². The first-order valence-electron chi connectivity index (χ1n) is 5.99. The number of halogens is 2. The van der Waals surface area contributed by atoms with Gasteiger partial charge in [0.25, 0.3) is 5.91 Å². The van der Waals surface area contributed by atoms with Gasteiger partial charge in [0.2, 0.25) is 0 Å². The third-order valence-corrected chi connectivity index (χ3v) is 3.32. The Morgan fingerprint density at radius 1 is 1.35 bits per heavy atom. The molecule has 2 N–H and O–H groups in total. The molecule has 1 heterocycles. The topological polar surface area (TPSA) is 77.8 Å². The molecule has 7 heteroatoms. The monoisotopic (exact) mass is 285 g/mol. The zero-order chi connectivity index (χ0) is 15.0. The van der Waals surface area contributed by atoms with Crippen molar-refractivity contribution >= 4 is 11.9 Å². The Labute approximate surface area is 113 Å². The molecule has 108 valence electrons. The van der Waals surface area contributed by atoms with Gasteiger partial charge in [0.1, 0.15) is 23.2 Å². The van der Waals surface area contributed by atoms with Gasteiger partial charge < -0.3 is 15.1 Å². The summed E-state index contributed by atoms with van der Waals surface area (Å²) in [6, 6.07) is 0.861. The number of carboxylic acid groups (broad SMARTS) is 1. The summed E-state index contributed by atoms with van der Waals surface area (Å²) < 4.78 is 27.6. The molecule has 0 radical (unpaired) electrons. The lowest BCUT2D eigenvalue weighted by molar-refractivity contribution is -0.141. The maximum atomic E-state index is 13.9. The van der Waals surface area contributed by atoms with E-state index >= 15 is 0 Å². The van der Waals surface area contributed by atoms with Crippen LogP contribution >= 0.6 is 0 Å². The van der Waals surface area contributed by atoms with Crippen molar-refractivity contribution < 1.29 is 28.6 Å². The van der Waals surface area contributed by atoms with Gasteiger partial charge in [-0.15, -0.1) is 0 Å². The lowest BCUT2D eigenvalue weighted by Crippen LogP contribution is -2.41. The standard InChI is InChI=1S/C13H13F2NO4/c1-6-2-3-8(14)10(11(6)15)12(18)16-5-7(17)4-9(16)13(19)20/h2-3,7,9,17H,4-5H2,1H3,(H,19,20)/t7-,9-/m0/s1. The average molecular weight is 285 g/mol. The van der Waals surface area contributed by atoms with Crippen molar-refractivity contribution in [3.05, 3.63) is 34.9 Å². The van der Waals surface area contributed by atoms with Crippen molar-refractivity contribution in [1.82, 2.24) is 4.90 Å². The minimum absolute atomic E-state index is 0.0846. The molecule has 0 unspecified atom stereocenters. The maximum absolute atomic E-state index is 13.9. The number of aliphatic carboxylic acids is 1. The lowest BCUT2D eigenvalue weighted by Gasteiger charge is -2.22. The smallest absolute Gasteiger partial charge is 0.326 e. The number of carboxylic acids is 1. The van der Waals surface area contributed by atoms with E-state index in [1.54, 1.807) is 0 Å². The summed E-state index contributed by atoms with van der Waals surface area (Å²) in [7, 11) is 0. The van der Waals surface area contributed by atoms with Gasteiger partial charge in [-0.2, -0.15) is 0 Å². The molecular formula is C13H13F2NO4. The van der Waals surface area contributed by atoms with Crippen molar-refractivity contribution in [2.45, 2.75) is 25.5 Å². The summed E-state index contributed by atoms with van der Waals surface area (Å²) in [6.45, 7) is 1.11. The predicted octanol–water partition coefficient (Wildman–Crippen LogP) is 0.933. The highest BCUT2D eigenvalue weighted by molar-refractivity contribution is 5.97. The largest absolute Gasteiger partial charge is 0.480 e. The molecule has 2 rings (SSSR count). The highest BCUT2D eigenvalue weighted by Crippen LogP contribution is 2.24. The number of aliphatic hydroxyl groups excluding tert-OH is 1. The molecule has 0 spiro atoms. The quantitative estimate of drug-likeness (QED) is 0.847. The Balaban J connectivity index is 2.41. The second-order valence-electron chi connectivity index (χ2n) is 4.75. The molecule has 0 bridgehead atoms. The number of β-amino-alcohol motifs (C(OH)–C–C–N with tert-alkyl or cyclic N) is 1. The molecule has 20 heavy (non-hydrogen) atoms. The van der Waals surface area contributed by atoms with Gasteiger partial charge in [0, 0.05) is 13.0 Å². The molecule has 1 saturated heterocycles. The van der Waals surface area contributed by atoms with E-state index in [0.29, 0.717) is 0 Å². The van der Waals surface area contributed by atoms with Crippen molar-refractivity contribution in [2.24, 2.45) is 0 Å². The minimum Gasteiger partial charge on any atom is -0.480 e. The average Bonchev–Trinajstić information content (AvgIpc) is 2.76. The molecule has 1 aliphatic heterocycles. The lowest BCUT2D eigenvalue weighted by atomic mass is 10.1. The van der Waals surface area contributed by atoms with E-state index in [1.807, 2.05) is 0 Å². The van der Waals surface area contributed by atoms with Crippen LogP contribution in [0.2, 0.25) is 0 Å². The van der Waals surface area contributed by atoms with E-state index in [1.165, 1.54) is 13.0 Å². The molecule has 0 saturated carbocycles. The fourth-order valence-electron chi connectivity index (χ4n) is 2.27. The van der Waals surface area contributed by atoms with Crippen LogP contribution in [0, 0.1) is 18.6 Å². The van der Waals surface area contributed by atoms with E-state index in [2.05, 4.69) is 0 Å². The van der Waals surface area contributed by atoms with Gasteiger partial charge in [0.05, 0.1) is 6.10 Å². The van der Waals surface area contributed by atoms with Crippen LogP contribution in [-0.4, -0.2) is 45.7 Å². The summed E-state index contributed by atoms with van der Waals surface area (Å²) in [5.41, 5.74) is -0.702. The van der Waals surface area contributed by atoms with Gasteiger partial charge in [-0.25, -0.2) is 13.6 Å². The molecule has 0 aromatic heterocycles. The maximum Gasteiger partial charge on any atom is 0.326 e. The number of amides is 1. The van der Waals surface area contributed by atoms with E-state index in [-0.39, 0.29) is 18.5 Å². The molecule has 1 aromatic rings. The van der Waals surface area contributed by atoms with Gasteiger partial charge >= 0.3 is 5.97 Å². The molecular weight excluding hydrogens is 272 g/mol. The number of carbonyl (C=O) groups excluding carboxylic acids is 1. The van der Waals surface area contributed by atoms with Crippen LogP contribution < -0.4 is 0 Å². The Morgan fingerprint density at radius 3 is 2.60 bits per heavy atom. The minimum atomic E-state index is -1.32. The zero-order valence-electron chi connectivity index (χ0n) is 10.6. The van der Waals surface area contributed by atoms with Crippen LogP contribution in [-0.2, 0) is 4.79 Å². The number of carbonyl (C=O) groups is 2. The van der Waals surface area contributed by atoms with Crippen molar-refractivity contribution in [3.8, 4) is 0 Å². The van der Waals surface area contributed by atoms with Gasteiger partial charge in [0.15, 0.2) is 0 Å². The van der Waals surface area contributed by atoms with Crippen molar-refractivity contribution in [1.29, 1.82) is 0 Å². The first-order chi connectivity index (χ1) is 9.32. The number of likely N-dealkylation sites (tertiary alicyclic amines) is 1. The fraction of sp³-hybridized carbons (Fsp3) is 0.385. The van der Waals surface area contributed by atoms with E-state index in [0.717, 1.165) is 11.0 Å². The highest BCUT2D eigenvalue weighted by Gasteiger charge is 2.40. The molecule has 1 aliphatic rings. The molecule has 1 amide bonds. The summed E-state index contributed by atoms with van der Waals surface area (Å²) in [5.74, 6) is -4.44. The number of hydrogen-bond donors (Lipinski definition) is 2. The molecule has 5 nitrogen and oxygen atoms in total. The second-order valence-corrected chi connectivity index (χ2v) is 4.75. The third kappa shape index (κ3) is 2.36. The fourth-order valence-corrected chi connectivity index (χ4v) is 2.27. The number of rotatable bonds is 2. The van der Waals surface area contributed by atoms with Crippen LogP contribution in [0.1, 0.15) is 22.3 Å². The Hall–Kier alpha value is -2.02. The van der Waals surface area contributed by atoms with Crippen LogP contribution in [0.5, 0.6) is 0 Å². The Kier molecular flexibility index (Phi) is 3.71. The van der Waals surface area contributed by atoms with Gasteiger partial charge in [-0.05, 0) is 18.6 Å². The first-order valence-corrected chi connectivity index (χ1v) is 5.99. The predicted molar refractivity (Wildman–Crippen MR) is 64.2 cm³/mol. The number of aliphatic hydroxyl groups is 1. The number of nitrogens with zero attached hydrogens (tertiary/aromatic N) is 1. The third-order valence-electron chi connectivity index (χ3n) is 3.32. The number of aryl methyl sites for hydroxylation is 1. The summed E-state index contributed by atoms with van der Waals surface area (Å²) in [6.07, 6.45) is -1.17. The molecule has 0 aliphatic carbocycles.